The zero-order valence-electron chi connectivity index (χ0n) is 12.0. The molecule has 1 atom stereocenters. The lowest BCUT2D eigenvalue weighted by atomic mass is 10.0. The van der Waals surface area contributed by atoms with Crippen LogP contribution in [-0.4, -0.2) is 16.1 Å². The average Bonchev–Trinajstić information content (AvgIpc) is 2.84. The summed E-state index contributed by atoms with van der Waals surface area (Å²) >= 11 is 0. The van der Waals surface area contributed by atoms with E-state index in [1.165, 1.54) is 12.1 Å². The second-order valence-corrected chi connectivity index (χ2v) is 4.97. The predicted octanol–water partition coefficient (Wildman–Crippen LogP) is 3.33. The third kappa shape index (κ3) is 4.07. The lowest BCUT2D eigenvalue weighted by molar-refractivity contribution is -0.137. The second-order valence-electron chi connectivity index (χ2n) is 4.97. The summed E-state index contributed by atoms with van der Waals surface area (Å²) in [6.07, 6.45) is -0.0621. The van der Waals surface area contributed by atoms with Gasteiger partial charge in [-0.25, -0.2) is 4.98 Å². The number of rotatable bonds is 5. The molecule has 2 aromatic rings. The van der Waals surface area contributed by atoms with Crippen LogP contribution in [-0.2, 0) is 19.6 Å². The van der Waals surface area contributed by atoms with Crippen molar-refractivity contribution >= 4 is 0 Å². The number of hydrogen-bond donors (Lipinski definition) is 1. The molecule has 114 valence electrons. The molecule has 0 saturated heterocycles. The lowest BCUT2D eigenvalue weighted by Gasteiger charge is -2.16. The topological polar surface area (TPSA) is 29.9 Å². The maximum Gasteiger partial charge on any atom is 0.416 e. The second kappa shape index (κ2) is 6.30. The molecule has 3 nitrogen and oxygen atoms in total. The largest absolute Gasteiger partial charge is 0.416 e. The van der Waals surface area contributed by atoms with Crippen LogP contribution in [0.25, 0.3) is 0 Å². The fourth-order valence-electron chi connectivity index (χ4n) is 2.21. The molecule has 0 aliphatic heterocycles. The van der Waals surface area contributed by atoms with Gasteiger partial charge in [0.05, 0.1) is 23.6 Å². The molecule has 0 aliphatic carbocycles. The molecule has 0 amide bonds. The Balaban J connectivity index is 2.14. The first kappa shape index (κ1) is 15.6. The van der Waals surface area contributed by atoms with Gasteiger partial charge in [0.1, 0.15) is 0 Å². The highest BCUT2D eigenvalue weighted by Gasteiger charge is 2.30. The molecular formula is C15H18F3N3. The summed E-state index contributed by atoms with van der Waals surface area (Å²) in [5, 5.41) is 3.31. The van der Waals surface area contributed by atoms with E-state index < -0.39 is 11.7 Å². The highest BCUT2D eigenvalue weighted by molar-refractivity contribution is 5.26. The highest BCUT2D eigenvalue weighted by atomic mass is 19.4. The van der Waals surface area contributed by atoms with E-state index in [1.54, 1.807) is 6.33 Å². The Bertz CT molecular complexity index is 573. The summed E-state index contributed by atoms with van der Waals surface area (Å²) in [6, 6.07) is 5.28. The van der Waals surface area contributed by atoms with Crippen LogP contribution in [0.4, 0.5) is 13.2 Å². The zero-order valence-corrected chi connectivity index (χ0v) is 12.0. The van der Waals surface area contributed by atoms with Crippen molar-refractivity contribution in [1.82, 2.24) is 14.9 Å². The van der Waals surface area contributed by atoms with Crippen LogP contribution >= 0.6 is 0 Å². The summed E-state index contributed by atoms with van der Waals surface area (Å²) in [7, 11) is 1.89. The number of nitrogens with one attached hydrogen (secondary N) is 1. The first-order chi connectivity index (χ1) is 9.90. The Kier molecular flexibility index (Phi) is 4.67. The maximum absolute atomic E-state index is 12.5. The van der Waals surface area contributed by atoms with Crippen molar-refractivity contribution in [1.29, 1.82) is 0 Å². The monoisotopic (exact) mass is 297 g/mol. The van der Waals surface area contributed by atoms with Crippen molar-refractivity contribution in [2.24, 2.45) is 7.05 Å². The van der Waals surface area contributed by atoms with Gasteiger partial charge in [-0.15, -0.1) is 0 Å². The molecule has 1 aromatic heterocycles. The molecule has 0 radical (unpaired) electrons. The molecule has 1 aromatic carbocycles. The predicted molar refractivity (Wildman–Crippen MR) is 74.8 cm³/mol. The lowest BCUT2D eigenvalue weighted by Crippen LogP contribution is -2.23. The molecule has 1 N–H and O–H groups in total. The van der Waals surface area contributed by atoms with E-state index in [2.05, 4.69) is 10.3 Å². The minimum absolute atomic E-state index is 0.00654. The molecular weight excluding hydrogens is 279 g/mol. The van der Waals surface area contributed by atoms with E-state index in [1.807, 2.05) is 24.7 Å². The van der Waals surface area contributed by atoms with E-state index in [0.717, 1.165) is 29.9 Å². The van der Waals surface area contributed by atoms with Crippen LogP contribution in [0, 0.1) is 0 Å². The van der Waals surface area contributed by atoms with Gasteiger partial charge in [-0.2, -0.15) is 13.2 Å². The van der Waals surface area contributed by atoms with Crippen LogP contribution in [0.3, 0.4) is 0 Å². The van der Waals surface area contributed by atoms with E-state index in [4.69, 9.17) is 0 Å². The van der Waals surface area contributed by atoms with Crippen LogP contribution in [0.1, 0.15) is 29.8 Å². The van der Waals surface area contributed by atoms with Gasteiger partial charge in [-0.3, -0.25) is 0 Å². The van der Waals surface area contributed by atoms with Gasteiger partial charge in [0, 0.05) is 13.2 Å². The average molecular weight is 297 g/mol. The van der Waals surface area contributed by atoms with Gasteiger partial charge < -0.3 is 9.88 Å². The Morgan fingerprint density at radius 3 is 2.38 bits per heavy atom. The number of nitrogens with zero attached hydrogens (tertiary/aromatic N) is 2. The molecule has 1 heterocycles. The minimum Gasteiger partial charge on any atom is -0.340 e. The first-order valence-electron chi connectivity index (χ1n) is 6.77. The molecule has 0 bridgehead atoms. The van der Waals surface area contributed by atoms with E-state index in [9.17, 15) is 13.2 Å². The van der Waals surface area contributed by atoms with Gasteiger partial charge in [-0.05, 0) is 30.7 Å². The smallest absolute Gasteiger partial charge is 0.340 e. The number of likely N-dealkylation sites (N-methyl/N-ethyl adjacent to an activating group) is 1. The zero-order chi connectivity index (χ0) is 15.5. The maximum atomic E-state index is 12.5. The number of hydrogen-bond acceptors (Lipinski definition) is 2. The van der Waals surface area contributed by atoms with Gasteiger partial charge in [-0.1, -0.05) is 19.1 Å². The summed E-state index contributed by atoms with van der Waals surface area (Å²) in [6.45, 7) is 2.75. The Labute approximate surface area is 121 Å². The molecule has 21 heavy (non-hydrogen) atoms. The summed E-state index contributed by atoms with van der Waals surface area (Å²) < 4.78 is 39.5. The van der Waals surface area contributed by atoms with Crippen molar-refractivity contribution in [2.45, 2.75) is 25.6 Å². The number of aryl methyl sites for hydroxylation is 1. The van der Waals surface area contributed by atoms with E-state index in [0.29, 0.717) is 6.42 Å². The number of alkyl halides is 3. The normalized spacial score (nSPS) is 13.4. The number of benzene rings is 1. The number of halogens is 3. The number of aromatic nitrogens is 2. The Morgan fingerprint density at radius 1 is 1.24 bits per heavy atom. The van der Waals surface area contributed by atoms with Crippen molar-refractivity contribution in [2.75, 3.05) is 6.54 Å². The molecule has 0 aliphatic rings. The fourth-order valence-corrected chi connectivity index (χ4v) is 2.21. The Morgan fingerprint density at radius 2 is 1.90 bits per heavy atom. The standard InChI is InChI=1S/C15H18F3N3/c1-3-19-13(14-9-21(2)10-20-14)8-11-4-6-12(7-5-11)15(16,17)18/h4-7,9-10,13,19H,3,8H2,1-2H3. The van der Waals surface area contributed by atoms with Crippen molar-refractivity contribution in [3.8, 4) is 0 Å². The van der Waals surface area contributed by atoms with Gasteiger partial charge in [0.15, 0.2) is 0 Å². The minimum atomic E-state index is -4.29. The molecule has 0 fully saturated rings. The van der Waals surface area contributed by atoms with E-state index >= 15 is 0 Å². The van der Waals surface area contributed by atoms with E-state index in [-0.39, 0.29) is 6.04 Å². The summed E-state index contributed by atoms with van der Waals surface area (Å²) in [5.41, 5.74) is 1.11. The van der Waals surface area contributed by atoms with Gasteiger partial charge >= 0.3 is 6.18 Å². The van der Waals surface area contributed by atoms with Crippen LogP contribution in [0.5, 0.6) is 0 Å². The fraction of sp³-hybridized carbons (Fsp3) is 0.400. The van der Waals surface area contributed by atoms with Crippen molar-refractivity contribution < 1.29 is 13.2 Å². The van der Waals surface area contributed by atoms with Crippen LogP contribution < -0.4 is 5.32 Å². The first-order valence-corrected chi connectivity index (χ1v) is 6.77. The molecule has 6 heteroatoms. The Hall–Kier alpha value is -1.82. The number of imidazole rings is 1. The quantitative estimate of drug-likeness (QED) is 0.917. The van der Waals surface area contributed by atoms with Crippen LogP contribution in [0.2, 0.25) is 0 Å². The molecule has 0 saturated carbocycles. The van der Waals surface area contributed by atoms with Crippen LogP contribution in [0.15, 0.2) is 36.8 Å². The summed E-state index contributed by atoms with van der Waals surface area (Å²) in [5.74, 6) is 0. The third-order valence-corrected chi connectivity index (χ3v) is 3.25. The van der Waals surface area contributed by atoms with Gasteiger partial charge in [0.25, 0.3) is 0 Å². The molecule has 1 unspecified atom stereocenters. The van der Waals surface area contributed by atoms with Gasteiger partial charge in [0.2, 0.25) is 0 Å². The summed E-state index contributed by atoms with van der Waals surface area (Å²) in [4.78, 5) is 4.31. The molecule has 0 spiro atoms. The molecule has 2 rings (SSSR count). The SMILES string of the molecule is CCNC(Cc1ccc(C(F)(F)F)cc1)c1cn(C)cn1. The highest BCUT2D eigenvalue weighted by Crippen LogP contribution is 2.29. The third-order valence-electron chi connectivity index (χ3n) is 3.25. The van der Waals surface area contributed by atoms with Crippen molar-refractivity contribution in [3.63, 3.8) is 0 Å². The van der Waals surface area contributed by atoms with Crippen molar-refractivity contribution in [3.05, 3.63) is 53.6 Å².